The van der Waals surface area contributed by atoms with Crippen LogP contribution in [0.4, 0.5) is 0 Å². The number of aryl methyl sites for hydroxylation is 1. The van der Waals surface area contributed by atoms with Crippen LogP contribution in [0.5, 0.6) is 5.75 Å². The molecule has 19 heavy (non-hydrogen) atoms. The Kier molecular flexibility index (Phi) is 4.32. The number of carbonyl (C=O) groups is 1. The lowest BCUT2D eigenvalue weighted by Crippen LogP contribution is -2.57. The van der Waals surface area contributed by atoms with E-state index >= 15 is 0 Å². The molecule has 0 radical (unpaired) electrons. The second-order valence-electron chi connectivity index (χ2n) is 5.04. The van der Waals surface area contributed by atoms with Crippen molar-refractivity contribution in [1.82, 2.24) is 5.32 Å². The molecule has 2 N–H and O–H groups in total. The normalized spacial score (nSPS) is 16.6. The summed E-state index contributed by atoms with van der Waals surface area (Å²) >= 11 is 5.91. The Morgan fingerprint density at radius 2 is 2.26 bits per heavy atom. The van der Waals surface area contributed by atoms with Crippen LogP contribution in [0.3, 0.4) is 0 Å². The van der Waals surface area contributed by atoms with Gasteiger partial charge in [0.05, 0.1) is 12.1 Å². The topological polar surface area (TPSA) is 58.6 Å². The number of benzene rings is 1. The molecule has 0 saturated heterocycles. The highest BCUT2D eigenvalue weighted by atomic mass is 35.5. The van der Waals surface area contributed by atoms with Crippen molar-refractivity contribution in [3.63, 3.8) is 0 Å². The van der Waals surface area contributed by atoms with Gasteiger partial charge in [-0.2, -0.15) is 0 Å². The third-order valence-corrected chi connectivity index (χ3v) is 3.94. The highest BCUT2D eigenvalue weighted by molar-refractivity contribution is 6.31. The van der Waals surface area contributed by atoms with Crippen LogP contribution in [0.15, 0.2) is 18.2 Å². The molecule has 5 heteroatoms. The second-order valence-corrected chi connectivity index (χ2v) is 5.45. The Balaban J connectivity index is 1.84. The van der Waals surface area contributed by atoms with Crippen LogP contribution in [0.1, 0.15) is 24.8 Å². The number of aliphatic hydroxyl groups is 1. The summed E-state index contributed by atoms with van der Waals surface area (Å²) in [7, 11) is 0. The van der Waals surface area contributed by atoms with E-state index in [-0.39, 0.29) is 19.1 Å². The van der Waals surface area contributed by atoms with E-state index in [2.05, 4.69) is 5.32 Å². The average molecular weight is 284 g/mol. The third-order valence-electron chi connectivity index (χ3n) is 3.52. The minimum Gasteiger partial charge on any atom is -0.484 e. The second kappa shape index (κ2) is 5.80. The van der Waals surface area contributed by atoms with Crippen molar-refractivity contribution in [2.45, 2.75) is 31.7 Å². The van der Waals surface area contributed by atoms with Gasteiger partial charge in [-0.05, 0) is 49.9 Å². The van der Waals surface area contributed by atoms with Crippen LogP contribution in [0.2, 0.25) is 5.02 Å². The maximum atomic E-state index is 11.8. The molecule has 0 aromatic heterocycles. The van der Waals surface area contributed by atoms with Crippen molar-refractivity contribution in [2.24, 2.45) is 0 Å². The minimum absolute atomic E-state index is 0.0151. The van der Waals surface area contributed by atoms with Crippen LogP contribution in [-0.4, -0.2) is 29.8 Å². The first-order valence-electron chi connectivity index (χ1n) is 6.35. The number of rotatable bonds is 5. The SMILES string of the molecule is Cc1cc(OCC(=O)NC2(CO)CCC2)ccc1Cl. The van der Waals surface area contributed by atoms with Crippen LogP contribution in [0.25, 0.3) is 0 Å². The van der Waals surface area contributed by atoms with Crippen LogP contribution >= 0.6 is 11.6 Å². The Morgan fingerprint density at radius 3 is 2.79 bits per heavy atom. The van der Waals surface area contributed by atoms with Gasteiger partial charge in [0.15, 0.2) is 6.61 Å². The van der Waals surface area contributed by atoms with Crippen molar-refractivity contribution in [3.05, 3.63) is 28.8 Å². The highest BCUT2D eigenvalue weighted by Gasteiger charge is 2.37. The van der Waals surface area contributed by atoms with Crippen molar-refractivity contribution in [2.75, 3.05) is 13.2 Å². The van der Waals surface area contributed by atoms with E-state index in [4.69, 9.17) is 16.3 Å². The molecule has 0 atom stereocenters. The molecule has 0 bridgehead atoms. The van der Waals surface area contributed by atoms with E-state index in [1.54, 1.807) is 18.2 Å². The maximum Gasteiger partial charge on any atom is 0.258 e. The van der Waals surface area contributed by atoms with E-state index in [0.29, 0.717) is 10.8 Å². The zero-order valence-electron chi connectivity index (χ0n) is 10.9. The molecule has 4 nitrogen and oxygen atoms in total. The fourth-order valence-corrected chi connectivity index (χ4v) is 2.23. The largest absolute Gasteiger partial charge is 0.484 e. The predicted octanol–water partition coefficient (Wildman–Crippen LogP) is 2.06. The zero-order chi connectivity index (χ0) is 13.9. The number of halogens is 1. The molecule has 2 rings (SSSR count). The third kappa shape index (κ3) is 3.39. The molecule has 1 aliphatic rings. The summed E-state index contributed by atoms with van der Waals surface area (Å²) in [5.41, 5.74) is 0.487. The molecule has 0 spiro atoms. The van der Waals surface area contributed by atoms with Crippen molar-refractivity contribution in [1.29, 1.82) is 0 Å². The first-order valence-corrected chi connectivity index (χ1v) is 6.73. The van der Waals surface area contributed by atoms with Crippen LogP contribution in [0, 0.1) is 6.92 Å². The highest BCUT2D eigenvalue weighted by Crippen LogP contribution is 2.31. The first kappa shape index (κ1) is 14.2. The molecule has 1 amide bonds. The van der Waals surface area contributed by atoms with Gasteiger partial charge >= 0.3 is 0 Å². The Hall–Kier alpha value is -1.26. The van der Waals surface area contributed by atoms with E-state index in [9.17, 15) is 9.90 Å². The number of ether oxygens (including phenoxy) is 1. The minimum atomic E-state index is -0.420. The molecule has 1 fully saturated rings. The number of carbonyl (C=O) groups excluding carboxylic acids is 1. The van der Waals surface area contributed by atoms with Crippen molar-refractivity contribution < 1.29 is 14.6 Å². The van der Waals surface area contributed by atoms with Gasteiger partial charge in [-0.25, -0.2) is 0 Å². The van der Waals surface area contributed by atoms with Crippen molar-refractivity contribution >= 4 is 17.5 Å². The lowest BCUT2D eigenvalue weighted by atomic mass is 9.77. The van der Waals surface area contributed by atoms with Gasteiger partial charge in [0, 0.05) is 5.02 Å². The summed E-state index contributed by atoms with van der Waals surface area (Å²) in [5, 5.41) is 12.8. The number of aliphatic hydroxyl groups excluding tert-OH is 1. The molecule has 0 heterocycles. The van der Waals surface area contributed by atoms with Crippen molar-refractivity contribution in [3.8, 4) is 5.75 Å². The van der Waals surface area contributed by atoms with Gasteiger partial charge in [0.2, 0.25) is 0 Å². The van der Waals surface area contributed by atoms with Gasteiger partial charge in [0.1, 0.15) is 5.75 Å². The van der Waals surface area contributed by atoms with Gasteiger partial charge in [-0.3, -0.25) is 4.79 Å². The fraction of sp³-hybridized carbons (Fsp3) is 0.500. The average Bonchev–Trinajstić information content (AvgIpc) is 2.35. The monoisotopic (exact) mass is 283 g/mol. The number of hydrogen-bond acceptors (Lipinski definition) is 3. The van der Waals surface area contributed by atoms with Gasteiger partial charge in [0.25, 0.3) is 5.91 Å². The maximum absolute atomic E-state index is 11.8. The van der Waals surface area contributed by atoms with E-state index in [1.165, 1.54) is 0 Å². The van der Waals surface area contributed by atoms with Gasteiger partial charge in [-0.1, -0.05) is 11.6 Å². The lowest BCUT2D eigenvalue weighted by Gasteiger charge is -2.40. The molecule has 1 aromatic carbocycles. The Morgan fingerprint density at radius 1 is 1.53 bits per heavy atom. The summed E-state index contributed by atoms with van der Waals surface area (Å²) < 4.78 is 5.41. The Bertz CT molecular complexity index is 466. The molecular formula is C14H18ClNO3. The Labute approximate surface area is 117 Å². The summed E-state index contributed by atoms with van der Waals surface area (Å²) in [6.07, 6.45) is 2.70. The quantitative estimate of drug-likeness (QED) is 0.870. The first-order chi connectivity index (χ1) is 9.04. The summed E-state index contributed by atoms with van der Waals surface area (Å²) in [4.78, 5) is 11.8. The van der Waals surface area contributed by atoms with E-state index < -0.39 is 5.54 Å². The summed E-state index contributed by atoms with van der Waals surface area (Å²) in [6, 6.07) is 5.26. The molecule has 1 aliphatic carbocycles. The van der Waals surface area contributed by atoms with E-state index in [0.717, 1.165) is 24.8 Å². The number of nitrogens with one attached hydrogen (secondary N) is 1. The summed E-state index contributed by atoms with van der Waals surface area (Å²) in [5.74, 6) is 0.407. The van der Waals surface area contributed by atoms with E-state index in [1.807, 2.05) is 6.92 Å². The van der Waals surface area contributed by atoms with Gasteiger partial charge < -0.3 is 15.2 Å². The molecular weight excluding hydrogens is 266 g/mol. The van der Waals surface area contributed by atoms with Crippen LogP contribution in [-0.2, 0) is 4.79 Å². The molecule has 104 valence electrons. The number of amides is 1. The molecule has 1 saturated carbocycles. The smallest absolute Gasteiger partial charge is 0.258 e. The van der Waals surface area contributed by atoms with Crippen LogP contribution < -0.4 is 10.1 Å². The summed E-state index contributed by atoms with van der Waals surface area (Å²) in [6.45, 7) is 1.81. The predicted molar refractivity (Wildman–Crippen MR) is 73.5 cm³/mol. The molecule has 1 aromatic rings. The fourth-order valence-electron chi connectivity index (χ4n) is 2.11. The zero-order valence-corrected chi connectivity index (χ0v) is 11.7. The standard InChI is InChI=1S/C14H18ClNO3/c1-10-7-11(3-4-12(10)15)19-8-13(18)16-14(9-17)5-2-6-14/h3-4,7,17H,2,5-6,8-9H2,1H3,(H,16,18). The lowest BCUT2D eigenvalue weighted by molar-refractivity contribution is -0.127. The number of hydrogen-bond donors (Lipinski definition) is 2. The van der Waals surface area contributed by atoms with Gasteiger partial charge in [-0.15, -0.1) is 0 Å². The molecule has 0 aliphatic heterocycles. The molecule has 0 unspecified atom stereocenters.